The normalized spacial score (nSPS) is 10.9. The van der Waals surface area contributed by atoms with Crippen molar-refractivity contribution in [3.8, 4) is 0 Å². The molecule has 0 bridgehead atoms. The molecule has 1 heterocycles. The Morgan fingerprint density at radius 3 is 2.64 bits per heavy atom. The summed E-state index contributed by atoms with van der Waals surface area (Å²) >= 11 is 1.87. The molecule has 0 unspecified atom stereocenters. The predicted molar refractivity (Wildman–Crippen MR) is 51.0 cm³/mol. The van der Waals surface area contributed by atoms with E-state index in [4.69, 9.17) is 0 Å². The summed E-state index contributed by atoms with van der Waals surface area (Å²) in [4.78, 5) is 2.82. The van der Waals surface area contributed by atoms with Crippen LogP contribution in [0.5, 0.6) is 0 Å². The molecule has 0 aliphatic heterocycles. The summed E-state index contributed by atoms with van der Waals surface area (Å²) in [5, 5.41) is 3.39. The molecule has 0 radical (unpaired) electrons. The van der Waals surface area contributed by atoms with Crippen molar-refractivity contribution in [2.24, 2.45) is 0 Å². The third-order valence-corrected chi connectivity index (χ3v) is 2.48. The summed E-state index contributed by atoms with van der Waals surface area (Å²) in [6, 6.07) is 4.94. The largest absolute Gasteiger partial charge is 0.310 e. The Balaban J connectivity index is 2.39. The van der Waals surface area contributed by atoms with Crippen molar-refractivity contribution in [2.45, 2.75) is 33.4 Å². The molecule has 0 aliphatic rings. The highest BCUT2D eigenvalue weighted by Crippen LogP contribution is 2.14. The monoisotopic (exact) mass is 169 g/mol. The number of nitrogens with one attached hydrogen (secondary N) is 1. The summed E-state index contributed by atoms with van der Waals surface area (Å²) in [5.41, 5.74) is 0. The van der Waals surface area contributed by atoms with Gasteiger partial charge in [-0.2, -0.15) is 0 Å². The van der Waals surface area contributed by atoms with Crippen molar-refractivity contribution >= 4 is 11.3 Å². The minimum absolute atomic E-state index is 0.581. The molecule has 0 aromatic carbocycles. The lowest BCUT2D eigenvalue weighted by Gasteiger charge is -2.04. The van der Waals surface area contributed by atoms with Gasteiger partial charge in [0.15, 0.2) is 0 Å². The molecule has 11 heavy (non-hydrogen) atoms. The van der Waals surface area contributed by atoms with Crippen LogP contribution in [0.4, 0.5) is 0 Å². The first kappa shape index (κ1) is 8.75. The van der Waals surface area contributed by atoms with Gasteiger partial charge in [0.25, 0.3) is 0 Å². The Labute approximate surface area is 72.4 Å². The fourth-order valence-electron chi connectivity index (χ4n) is 0.885. The van der Waals surface area contributed by atoms with Crippen molar-refractivity contribution in [1.82, 2.24) is 5.32 Å². The number of aryl methyl sites for hydroxylation is 1. The molecule has 0 atom stereocenters. The Bertz CT molecular complexity index is 215. The second-order valence-corrected chi connectivity index (χ2v) is 4.42. The zero-order valence-corrected chi connectivity index (χ0v) is 8.16. The van der Waals surface area contributed by atoms with Gasteiger partial charge < -0.3 is 5.32 Å². The second kappa shape index (κ2) is 3.88. The van der Waals surface area contributed by atoms with Crippen molar-refractivity contribution in [3.05, 3.63) is 21.9 Å². The van der Waals surface area contributed by atoms with E-state index in [-0.39, 0.29) is 0 Å². The molecule has 1 N–H and O–H groups in total. The molecular formula is C9H15NS. The van der Waals surface area contributed by atoms with Gasteiger partial charge in [-0.25, -0.2) is 0 Å². The zero-order valence-electron chi connectivity index (χ0n) is 7.35. The molecule has 0 fully saturated rings. The quantitative estimate of drug-likeness (QED) is 0.733. The van der Waals surface area contributed by atoms with Crippen LogP contribution in [0.1, 0.15) is 23.6 Å². The van der Waals surface area contributed by atoms with E-state index in [1.165, 1.54) is 9.75 Å². The number of rotatable bonds is 3. The van der Waals surface area contributed by atoms with Gasteiger partial charge >= 0.3 is 0 Å². The van der Waals surface area contributed by atoms with Gasteiger partial charge in [0.2, 0.25) is 0 Å². The Kier molecular flexibility index (Phi) is 3.09. The van der Waals surface area contributed by atoms with Gasteiger partial charge in [0.05, 0.1) is 0 Å². The average Bonchev–Trinajstić information content (AvgIpc) is 2.31. The zero-order chi connectivity index (χ0) is 8.27. The SMILES string of the molecule is Cc1ccc(CNC(C)C)s1. The lowest BCUT2D eigenvalue weighted by molar-refractivity contribution is 0.593. The van der Waals surface area contributed by atoms with Gasteiger partial charge in [-0.3, -0.25) is 0 Å². The van der Waals surface area contributed by atoms with Crippen LogP contribution in [0.15, 0.2) is 12.1 Å². The van der Waals surface area contributed by atoms with Crippen LogP contribution in [0.2, 0.25) is 0 Å². The first-order chi connectivity index (χ1) is 5.18. The molecule has 1 aromatic rings. The molecule has 0 saturated carbocycles. The highest BCUT2D eigenvalue weighted by molar-refractivity contribution is 7.11. The Hall–Kier alpha value is -0.340. The van der Waals surface area contributed by atoms with Crippen molar-refractivity contribution in [3.63, 3.8) is 0 Å². The standard InChI is InChI=1S/C9H15NS/c1-7(2)10-6-9-5-4-8(3)11-9/h4-5,7,10H,6H2,1-3H3. The van der Waals surface area contributed by atoms with Crippen LogP contribution in [-0.2, 0) is 6.54 Å². The minimum atomic E-state index is 0.581. The topological polar surface area (TPSA) is 12.0 Å². The van der Waals surface area contributed by atoms with Crippen LogP contribution >= 0.6 is 11.3 Å². The molecule has 1 nitrogen and oxygen atoms in total. The number of thiophene rings is 1. The third-order valence-electron chi connectivity index (χ3n) is 1.48. The fourth-order valence-corrected chi connectivity index (χ4v) is 1.73. The summed E-state index contributed by atoms with van der Waals surface area (Å²) in [5.74, 6) is 0. The van der Waals surface area contributed by atoms with E-state index in [1.807, 2.05) is 11.3 Å². The molecular weight excluding hydrogens is 154 g/mol. The van der Waals surface area contributed by atoms with Crippen molar-refractivity contribution < 1.29 is 0 Å². The third kappa shape index (κ3) is 3.04. The predicted octanol–water partition coefficient (Wildman–Crippen LogP) is 2.55. The van der Waals surface area contributed by atoms with Gasteiger partial charge in [-0.05, 0) is 19.1 Å². The maximum absolute atomic E-state index is 3.39. The first-order valence-electron chi connectivity index (χ1n) is 3.97. The van der Waals surface area contributed by atoms with E-state index in [1.54, 1.807) is 0 Å². The molecule has 2 heteroatoms. The van der Waals surface area contributed by atoms with Crippen LogP contribution in [-0.4, -0.2) is 6.04 Å². The van der Waals surface area contributed by atoms with Crippen LogP contribution < -0.4 is 5.32 Å². The summed E-state index contributed by atoms with van der Waals surface area (Å²) in [7, 11) is 0. The highest BCUT2D eigenvalue weighted by Gasteiger charge is 1.96. The van der Waals surface area contributed by atoms with E-state index in [2.05, 4.69) is 38.2 Å². The maximum atomic E-state index is 3.39. The molecule has 0 amide bonds. The fraction of sp³-hybridized carbons (Fsp3) is 0.556. The van der Waals surface area contributed by atoms with E-state index in [0.29, 0.717) is 6.04 Å². The Morgan fingerprint density at radius 1 is 1.45 bits per heavy atom. The van der Waals surface area contributed by atoms with E-state index in [9.17, 15) is 0 Å². The van der Waals surface area contributed by atoms with Gasteiger partial charge in [-0.1, -0.05) is 13.8 Å². The average molecular weight is 169 g/mol. The van der Waals surface area contributed by atoms with Crippen LogP contribution in [0, 0.1) is 6.92 Å². The minimum Gasteiger partial charge on any atom is -0.310 e. The summed E-state index contributed by atoms with van der Waals surface area (Å²) < 4.78 is 0. The van der Waals surface area contributed by atoms with E-state index in [0.717, 1.165) is 6.54 Å². The maximum Gasteiger partial charge on any atom is 0.0302 e. The lowest BCUT2D eigenvalue weighted by Crippen LogP contribution is -2.21. The number of hydrogen-bond donors (Lipinski definition) is 1. The smallest absolute Gasteiger partial charge is 0.0302 e. The van der Waals surface area contributed by atoms with Crippen LogP contribution in [0.25, 0.3) is 0 Å². The first-order valence-corrected chi connectivity index (χ1v) is 4.79. The van der Waals surface area contributed by atoms with Gasteiger partial charge in [0.1, 0.15) is 0 Å². The molecule has 62 valence electrons. The van der Waals surface area contributed by atoms with E-state index >= 15 is 0 Å². The van der Waals surface area contributed by atoms with Crippen LogP contribution in [0.3, 0.4) is 0 Å². The lowest BCUT2D eigenvalue weighted by atomic mass is 10.3. The molecule has 1 aromatic heterocycles. The van der Waals surface area contributed by atoms with Gasteiger partial charge in [-0.15, -0.1) is 11.3 Å². The van der Waals surface area contributed by atoms with Crippen molar-refractivity contribution in [2.75, 3.05) is 0 Å². The van der Waals surface area contributed by atoms with Crippen molar-refractivity contribution in [1.29, 1.82) is 0 Å². The molecule has 0 saturated heterocycles. The molecule has 1 rings (SSSR count). The molecule has 0 aliphatic carbocycles. The Morgan fingerprint density at radius 2 is 2.18 bits per heavy atom. The second-order valence-electron chi connectivity index (χ2n) is 3.05. The summed E-state index contributed by atoms with van der Waals surface area (Å²) in [6.07, 6.45) is 0. The highest BCUT2D eigenvalue weighted by atomic mass is 32.1. The summed E-state index contributed by atoms with van der Waals surface area (Å²) in [6.45, 7) is 7.49. The van der Waals surface area contributed by atoms with Gasteiger partial charge in [0, 0.05) is 22.3 Å². The molecule has 0 spiro atoms. The van der Waals surface area contributed by atoms with E-state index < -0.39 is 0 Å². The number of hydrogen-bond acceptors (Lipinski definition) is 2.